The first-order valence-corrected chi connectivity index (χ1v) is 10.4. The Morgan fingerprint density at radius 1 is 1.09 bits per heavy atom. The van der Waals surface area contributed by atoms with Gasteiger partial charge in [-0.25, -0.2) is 0 Å². The van der Waals surface area contributed by atoms with Crippen LogP contribution in [0.5, 0.6) is 5.75 Å². The first kappa shape index (κ1) is 22.0. The third-order valence-electron chi connectivity index (χ3n) is 5.48. The molecule has 1 aliphatic heterocycles. The molecule has 0 aromatic heterocycles. The average Bonchev–Trinajstić information content (AvgIpc) is 3.33. The summed E-state index contributed by atoms with van der Waals surface area (Å²) in [5.41, 5.74) is 3.95. The first-order chi connectivity index (χ1) is 15.9. The Morgan fingerprint density at radius 3 is 2.36 bits per heavy atom. The van der Waals surface area contributed by atoms with Crippen LogP contribution in [0.1, 0.15) is 33.5 Å². The second-order valence-corrected chi connectivity index (χ2v) is 7.75. The van der Waals surface area contributed by atoms with Gasteiger partial charge in [-0.05, 0) is 54.4 Å². The second-order valence-electron chi connectivity index (χ2n) is 7.75. The van der Waals surface area contributed by atoms with Gasteiger partial charge in [0.05, 0.1) is 24.2 Å². The smallest absolute Gasteiger partial charge is 0.269 e. The summed E-state index contributed by atoms with van der Waals surface area (Å²) in [5.74, 6) is 0.450. The maximum Gasteiger partial charge on any atom is 0.269 e. The number of oxime groups is 1. The van der Waals surface area contributed by atoms with Gasteiger partial charge in [-0.15, -0.1) is 0 Å². The normalized spacial score (nSPS) is 14.8. The van der Waals surface area contributed by atoms with Crippen LogP contribution >= 0.6 is 0 Å². The number of carbonyl (C=O) groups is 1. The van der Waals surface area contributed by atoms with Crippen molar-refractivity contribution >= 4 is 17.3 Å². The van der Waals surface area contributed by atoms with Crippen molar-refractivity contribution in [2.45, 2.75) is 26.1 Å². The van der Waals surface area contributed by atoms with E-state index in [0.29, 0.717) is 18.5 Å². The molecule has 1 aliphatic rings. The largest absolute Gasteiger partial charge is 0.497 e. The fourth-order valence-electron chi connectivity index (χ4n) is 3.57. The number of benzene rings is 3. The van der Waals surface area contributed by atoms with Crippen molar-refractivity contribution in [3.05, 3.63) is 105 Å². The highest BCUT2D eigenvalue weighted by Gasteiger charge is 2.32. The molecule has 168 valence electrons. The lowest BCUT2D eigenvalue weighted by Crippen LogP contribution is -2.40. The van der Waals surface area contributed by atoms with E-state index in [2.05, 4.69) is 5.16 Å². The number of hydrogen-bond donors (Lipinski definition) is 0. The van der Waals surface area contributed by atoms with Gasteiger partial charge in [0, 0.05) is 24.2 Å². The molecule has 1 heterocycles. The molecule has 0 radical (unpaired) electrons. The molecule has 0 bridgehead atoms. The van der Waals surface area contributed by atoms with Crippen molar-refractivity contribution < 1.29 is 19.3 Å². The molecule has 0 saturated carbocycles. The van der Waals surface area contributed by atoms with Gasteiger partial charge in [0.25, 0.3) is 11.6 Å². The van der Waals surface area contributed by atoms with E-state index in [1.807, 2.05) is 55.5 Å². The third kappa shape index (κ3) is 5.01. The molecular formula is C25H23N3O5. The van der Waals surface area contributed by atoms with Crippen molar-refractivity contribution in [1.29, 1.82) is 0 Å². The predicted molar refractivity (Wildman–Crippen MR) is 123 cm³/mol. The molecule has 0 saturated heterocycles. The van der Waals surface area contributed by atoms with Gasteiger partial charge >= 0.3 is 0 Å². The number of amides is 1. The van der Waals surface area contributed by atoms with Gasteiger partial charge in [-0.2, -0.15) is 0 Å². The van der Waals surface area contributed by atoms with E-state index in [0.717, 1.165) is 28.2 Å². The number of nitro benzene ring substituents is 1. The zero-order valence-electron chi connectivity index (χ0n) is 18.3. The van der Waals surface area contributed by atoms with E-state index < -0.39 is 11.2 Å². The summed E-state index contributed by atoms with van der Waals surface area (Å²) in [6.07, 6.45) is -0.192. The maximum atomic E-state index is 13.4. The van der Waals surface area contributed by atoms with Gasteiger partial charge in [-0.1, -0.05) is 35.0 Å². The number of rotatable bonds is 7. The van der Waals surface area contributed by atoms with Crippen LogP contribution in [-0.2, 0) is 11.4 Å². The highest BCUT2D eigenvalue weighted by atomic mass is 16.7. The number of methoxy groups -OCH3 is 1. The van der Waals surface area contributed by atoms with E-state index in [-0.39, 0.29) is 11.6 Å². The molecule has 4 rings (SSSR count). The van der Waals surface area contributed by atoms with E-state index in [1.165, 1.54) is 24.3 Å². The Kier molecular flexibility index (Phi) is 6.35. The highest BCUT2D eigenvalue weighted by molar-refractivity contribution is 6.02. The van der Waals surface area contributed by atoms with Crippen LogP contribution in [-0.4, -0.2) is 34.8 Å². The maximum absolute atomic E-state index is 13.4. The highest BCUT2D eigenvalue weighted by Crippen LogP contribution is 2.25. The number of aryl methyl sites for hydroxylation is 1. The van der Waals surface area contributed by atoms with E-state index in [9.17, 15) is 14.9 Å². The summed E-state index contributed by atoms with van der Waals surface area (Å²) in [5, 5.41) is 15.2. The number of carbonyl (C=O) groups excluding carboxylic acids is 1. The number of ether oxygens (including phenoxy) is 1. The summed E-state index contributed by atoms with van der Waals surface area (Å²) in [6, 6.07) is 20.9. The van der Waals surface area contributed by atoms with E-state index >= 15 is 0 Å². The molecule has 0 fully saturated rings. The third-order valence-corrected chi connectivity index (χ3v) is 5.48. The van der Waals surface area contributed by atoms with E-state index in [1.54, 1.807) is 12.0 Å². The number of nitro groups is 1. The number of hydrogen-bond acceptors (Lipinski definition) is 6. The van der Waals surface area contributed by atoms with Crippen LogP contribution in [0.15, 0.2) is 78.0 Å². The second kappa shape index (κ2) is 9.52. The fraction of sp³-hybridized carbons (Fsp3) is 0.200. The quantitative estimate of drug-likeness (QED) is 0.388. The van der Waals surface area contributed by atoms with Gasteiger partial charge < -0.3 is 9.57 Å². The zero-order chi connectivity index (χ0) is 23.4. The van der Waals surface area contributed by atoms with E-state index in [4.69, 9.17) is 9.57 Å². The molecule has 0 N–H and O–H groups in total. The Morgan fingerprint density at radius 2 is 1.76 bits per heavy atom. The number of non-ortho nitro benzene ring substituents is 1. The van der Waals surface area contributed by atoms with Crippen LogP contribution < -0.4 is 4.74 Å². The van der Waals surface area contributed by atoms with Gasteiger partial charge in [0.2, 0.25) is 6.23 Å². The minimum atomic E-state index is -0.605. The zero-order valence-corrected chi connectivity index (χ0v) is 18.3. The summed E-state index contributed by atoms with van der Waals surface area (Å²) < 4.78 is 5.20. The molecular weight excluding hydrogens is 422 g/mol. The fourth-order valence-corrected chi connectivity index (χ4v) is 3.57. The molecule has 1 unspecified atom stereocenters. The Bertz CT molecular complexity index is 1170. The van der Waals surface area contributed by atoms with Crippen molar-refractivity contribution in [3.8, 4) is 5.75 Å². The molecule has 8 nitrogen and oxygen atoms in total. The first-order valence-electron chi connectivity index (χ1n) is 10.4. The van der Waals surface area contributed by atoms with Crippen molar-refractivity contribution in [2.75, 3.05) is 7.11 Å². The molecule has 0 spiro atoms. The molecule has 1 amide bonds. The summed E-state index contributed by atoms with van der Waals surface area (Å²) >= 11 is 0. The standard InChI is InChI=1S/C25H23N3O5/c1-17-3-5-18(6-4-17)16-27(25(29)20-7-11-21(12-8-20)28(30)31)24-15-23(26-33-24)19-9-13-22(32-2)14-10-19/h3-14,24H,15-16H2,1-2H3. The summed E-state index contributed by atoms with van der Waals surface area (Å²) in [6.45, 7) is 2.31. The minimum absolute atomic E-state index is 0.0705. The summed E-state index contributed by atoms with van der Waals surface area (Å²) in [7, 11) is 1.61. The molecule has 3 aromatic carbocycles. The van der Waals surface area contributed by atoms with Gasteiger partial charge in [0.1, 0.15) is 5.75 Å². The van der Waals surface area contributed by atoms with Crippen molar-refractivity contribution in [3.63, 3.8) is 0 Å². The molecule has 0 aliphatic carbocycles. The Labute approximate surface area is 191 Å². The van der Waals surface area contributed by atoms with Crippen LogP contribution in [0.2, 0.25) is 0 Å². The predicted octanol–water partition coefficient (Wildman–Crippen LogP) is 4.70. The van der Waals surface area contributed by atoms with Crippen LogP contribution in [0.3, 0.4) is 0 Å². The topological polar surface area (TPSA) is 94.3 Å². The van der Waals surface area contributed by atoms with Crippen molar-refractivity contribution in [1.82, 2.24) is 4.90 Å². The monoisotopic (exact) mass is 445 g/mol. The number of nitrogens with zero attached hydrogens (tertiary/aromatic N) is 3. The van der Waals surface area contributed by atoms with Crippen LogP contribution in [0, 0.1) is 17.0 Å². The molecule has 33 heavy (non-hydrogen) atoms. The lowest BCUT2D eigenvalue weighted by molar-refractivity contribution is -0.384. The lowest BCUT2D eigenvalue weighted by atomic mass is 10.1. The molecule has 3 aromatic rings. The molecule has 1 atom stereocenters. The Hall–Kier alpha value is -4.20. The lowest BCUT2D eigenvalue weighted by Gasteiger charge is -2.27. The van der Waals surface area contributed by atoms with Crippen LogP contribution in [0.25, 0.3) is 0 Å². The average molecular weight is 445 g/mol. The Balaban J connectivity index is 1.57. The molecule has 8 heteroatoms. The van der Waals surface area contributed by atoms with Gasteiger partial charge in [-0.3, -0.25) is 19.8 Å². The SMILES string of the molecule is COc1ccc(C2=NOC(N(Cc3ccc(C)cc3)C(=O)c3ccc([N+](=O)[O-])cc3)C2)cc1. The van der Waals surface area contributed by atoms with Gasteiger partial charge in [0.15, 0.2) is 0 Å². The minimum Gasteiger partial charge on any atom is -0.497 e. The summed E-state index contributed by atoms with van der Waals surface area (Å²) in [4.78, 5) is 31.2. The van der Waals surface area contributed by atoms with Crippen molar-refractivity contribution in [2.24, 2.45) is 5.16 Å². The van der Waals surface area contributed by atoms with Crippen LogP contribution in [0.4, 0.5) is 5.69 Å².